The van der Waals surface area contributed by atoms with Crippen molar-refractivity contribution in [3.63, 3.8) is 0 Å². The fourth-order valence-electron chi connectivity index (χ4n) is 2.73. The lowest BCUT2D eigenvalue weighted by Gasteiger charge is -2.12. The minimum absolute atomic E-state index is 0.484. The Bertz CT molecular complexity index is 1000. The topological polar surface area (TPSA) is 65.5 Å². The average molecular weight is 446 g/mol. The van der Waals surface area contributed by atoms with E-state index in [4.69, 9.17) is 14.2 Å². The number of halogens is 1. The van der Waals surface area contributed by atoms with Crippen LogP contribution in [0, 0.1) is 0 Å². The molecular weight excluding hydrogens is 430 g/mol. The maximum absolute atomic E-state index is 6.00. The molecule has 27 heavy (non-hydrogen) atoms. The van der Waals surface area contributed by atoms with Crippen LogP contribution in [0.4, 0.5) is 5.69 Å². The van der Waals surface area contributed by atoms with Crippen molar-refractivity contribution >= 4 is 33.4 Å². The van der Waals surface area contributed by atoms with Gasteiger partial charge in [0.15, 0.2) is 11.5 Å². The van der Waals surface area contributed by atoms with Crippen LogP contribution in [-0.2, 0) is 6.54 Å². The zero-order valence-corrected chi connectivity index (χ0v) is 17.1. The van der Waals surface area contributed by atoms with Crippen LogP contribution in [0.25, 0.3) is 0 Å². The predicted octanol–water partition coefficient (Wildman–Crippen LogP) is 5.13. The molecular formula is C19H16BrN3O3S. The molecule has 4 rings (SSSR count). The lowest BCUT2D eigenvalue weighted by atomic mass is 10.2. The number of hydrogen-bond donors (Lipinski definition) is 1. The van der Waals surface area contributed by atoms with Crippen molar-refractivity contribution in [1.82, 2.24) is 9.97 Å². The zero-order valence-electron chi connectivity index (χ0n) is 14.7. The summed E-state index contributed by atoms with van der Waals surface area (Å²) in [5.41, 5.74) is 1.85. The third-order valence-corrected chi connectivity index (χ3v) is 5.61. The van der Waals surface area contributed by atoms with E-state index in [-0.39, 0.29) is 0 Å². The summed E-state index contributed by atoms with van der Waals surface area (Å²) in [6.07, 6.45) is 1.51. The summed E-state index contributed by atoms with van der Waals surface area (Å²) < 4.78 is 17.8. The largest absolute Gasteiger partial charge is 0.493 e. The number of nitrogens with one attached hydrogen (secondary N) is 1. The number of methoxy groups -OCH3 is 2. The summed E-state index contributed by atoms with van der Waals surface area (Å²) in [5, 5.41) is 4.19. The number of aromatic nitrogens is 2. The van der Waals surface area contributed by atoms with Crippen molar-refractivity contribution in [2.75, 3.05) is 19.5 Å². The monoisotopic (exact) mass is 445 g/mol. The summed E-state index contributed by atoms with van der Waals surface area (Å²) in [6, 6.07) is 11.6. The second-order valence-corrected chi connectivity index (χ2v) is 7.64. The predicted molar refractivity (Wildman–Crippen MR) is 107 cm³/mol. The molecule has 0 spiro atoms. The molecule has 1 aliphatic rings. The Balaban J connectivity index is 1.70. The lowest BCUT2D eigenvalue weighted by molar-refractivity contribution is 0.353. The van der Waals surface area contributed by atoms with E-state index in [1.807, 2.05) is 36.4 Å². The van der Waals surface area contributed by atoms with Gasteiger partial charge in [-0.1, -0.05) is 33.8 Å². The second kappa shape index (κ2) is 7.66. The van der Waals surface area contributed by atoms with Gasteiger partial charge in [-0.2, -0.15) is 4.98 Å². The minimum atomic E-state index is 0.484. The van der Waals surface area contributed by atoms with Crippen LogP contribution in [0.1, 0.15) is 5.56 Å². The normalized spacial score (nSPS) is 12.3. The Hall–Kier alpha value is -2.45. The first-order valence-corrected chi connectivity index (χ1v) is 9.74. The molecule has 1 N–H and O–H groups in total. The van der Waals surface area contributed by atoms with Crippen molar-refractivity contribution in [2.24, 2.45) is 0 Å². The molecule has 0 unspecified atom stereocenters. The Morgan fingerprint density at radius 1 is 1.07 bits per heavy atom. The summed E-state index contributed by atoms with van der Waals surface area (Å²) in [5.74, 6) is 2.56. The molecule has 6 nitrogen and oxygen atoms in total. The summed E-state index contributed by atoms with van der Waals surface area (Å²) in [4.78, 5) is 9.79. The molecule has 0 aliphatic carbocycles. The van der Waals surface area contributed by atoms with Crippen LogP contribution in [0.3, 0.4) is 0 Å². The van der Waals surface area contributed by atoms with E-state index < -0.39 is 0 Å². The van der Waals surface area contributed by atoms with E-state index in [2.05, 4.69) is 31.2 Å². The second-order valence-electron chi connectivity index (χ2n) is 5.69. The molecule has 0 atom stereocenters. The van der Waals surface area contributed by atoms with E-state index in [1.54, 1.807) is 26.0 Å². The molecule has 2 aromatic carbocycles. The Morgan fingerprint density at radius 2 is 1.89 bits per heavy atom. The molecule has 1 aromatic heterocycles. The first kappa shape index (κ1) is 17.9. The highest BCUT2D eigenvalue weighted by Crippen LogP contribution is 2.45. The zero-order chi connectivity index (χ0) is 18.8. The van der Waals surface area contributed by atoms with Gasteiger partial charge in [0.1, 0.15) is 22.8 Å². The van der Waals surface area contributed by atoms with Gasteiger partial charge in [-0.25, -0.2) is 4.98 Å². The van der Waals surface area contributed by atoms with E-state index in [0.717, 1.165) is 25.6 Å². The Morgan fingerprint density at radius 3 is 2.67 bits per heavy atom. The molecule has 3 aromatic rings. The van der Waals surface area contributed by atoms with Crippen LogP contribution in [0.2, 0.25) is 0 Å². The van der Waals surface area contributed by atoms with E-state index >= 15 is 0 Å². The number of anilines is 1. The fourth-order valence-corrected chi connectivity index (χ4v) is 4.10. The third kappa shape index (κ3) is 3.68. The highest BCUT2D eigenvalue weighted by atomic mass is 79.9. The molecule has 0 fully saturated rings. The molecule has 0 bridgehead atoms. The smallest absolute Gasteiger partial charge is 0.247 e. The van der Waals surface area contributed by atoms with Crippen LogP contribution in [-0.4, -0.2) is 24.2 Å². The van der Waals surface area contributed by atoms with Crippen molar-refractivity contribution in [2.45, 2.75) is 16.5 Å². The Labute approximate surface area is 169 Å². The molecule has 2 heterocycles. The van der Waals surface area contributed by atoms with Crippen molar-refractivity contribution < 1.29 is 14.2 Å². The van der Waals surface area contributed by atoms with Gasteiger partial charge in [-0.3, -0.25) is 0 Å². The summed E-state index contributed by atoms with van der Waals surface area (Å²) in [7, 11) is 3.26. The number of fused-ring (bicyclic) bond motifs is 2. The van der Waals surface area contributed by atoms with Gasteiger partial charge in [0.25, 0.3) is 0 Å². The maximum Gasteiger partial charge on any atom is 0.247 e. The number of rotatable bonds is 4. The van der Waals surface area contributed by atoms with Crippen molar-refractivity contribution in [3.8, 4) is 23.1 Å². The highest BCUT2D eigenvalue weighted by molar-refractivity contribution is 9.10. The number of ether oxygens (including phenoxy) is 3. The van der Waals surface area contributed by atoms with Gasteiger partial charge in [0.05, 0.1) is 14.2 Å². The molecule has 0 saturated carbocycles. The van der Waals surface area contributed by atoms with Crippen LogP contribution >= 0.6 is 27.7 Å². The maximum atomic E-state index is 6.00. The Kier molecular flexibility index (Phi) is 5.09. The number of benzene rings is 2. The molecule has 0 saturated heterocycles. The van der Waals surface area contributed by atoms with Gasteiger partial charge < -0.3 is 19.5 Å². The molecule has 138 valence electrons. The molecule has 8 heteroatoms. The lowest BCUT2D eigenvalue weighted by Crippen LogP contribution is -2.03. The van der Waals surface area contributed by atoms with Crippen LogP contribution in [0.5, 0.6) is 23.1 Å². The van der Waals surface area contributed by atoms with Crippen LogP contribution < -0.4 is 19.5 Å². The van der Waals surface area contributed by atoms with Crippen molar-refractivity contribution in [3.05, 3.63) is 52.8 Å². The molecule has 1 aliphatic heterocycles. The highest BCUT2D eigenvalue weighted by Gasteiger charge is 2.22. The first-order valence-electron chi connectivity index (χ1n) is 8.13. The van der Waals surface area contributed by atoms with E-state index in [1.165, 1.54) is 6.33 Å². The summed E-state index contributed by atoms with van der Waals surface area (Å²) in [6.45, 7) is 0.595. The van der Waals surface area contributed by atoms with Gasteiger partial charge in [-0.15, -0.1) is 0 Å². The van der Waals surface area contributed by atoms with E-state index in [0.29, 0.717) is 29.7 Å². The SMILES string of the molecule is COc1cc2c(cc1OC)Sc1ncnc(Oc3cccc(Br)c3)c1NC2. The van der Waals surface area contributed by atoms with Crippen LogP contribution in [0.15, 0.2) is 57.1 Å². The number of hydrogen-bond acceptors (Lipinski definition) is 7. The quantitative estimate of drug-likeness (QED) is 0.558. The number of nitrogens with zero attached hydrogens (tertiary/aromatic N) is 2. The molecule has 0 radical (unpaired) electrons. The third-order valence-electron chi connectivity index (χ3n) is 4.02. The summed E-state index contributed by atoms with van der Waals surface area (Å²) >= 11 is 4.99. The first-order chi connectivity index (χ1) is 13.2. The average Bonchev–Trinajstić information content (AvgIpc) is 2.86. The van der Waals surface area contributed by atoms with Gasteiger partial charge >= 0.3 is 0 Å². The van der Waals surface area contributed by atoms with Gasteiger partial charge in [-0.05, 0) is 35.9 Å². The minimum Gasteiger partial charge on any atom is -0.493 e. The van der Waals surface area contributed by atoms with Gasteiger partial charge in [0.2, 0.25) is 5.88 Å². The van der Waals surface area contributed by atoms with Crippen molar-refractivity contribution in [1.29, 1.82) is 0 Å². The fraction of sp³-hybridized carbons (Fsp3) is 0.158. The standard InChI is InChI=1S/C19H16BrN3O3S/c1-24-14-6-11-9-21-17-18(26-13-5-3-4-12(20)7-13)22-10-23-19(17)27-16(11)8-15(14)25-2/h3-8,10,21H,9H2,1-2H3. The molecule has 0 amide bonds. The van der Waals surface area contributed by atoms with Gasteiger partial charge in [0, 0.05) is 15.9 Å². The van der Waals surface area contributed by atoms with E-state index in [9.17, 15) is 0 Å².